The van der Waals surface area contributed by atoms with Gasteiger partial charge in [-0.1, -0.05) is 13.8 Å². The van der Waals surface area contributed by atoms with Crippen LogP contribution in [0.2, 0.25) is 0 Å². The molecule has 15 nitrogen and oxygen atoms in total. The fourth-order valence-electron chi connectivity index (χ4n) is 4.58. The average molecular weight is 731 g/mol. The van der Waals surface area contributed by atoms with E-state index in [0.29, 0.717) is 119 Å². The summed E-state index contributed by atoms with van der Waals surface area (Å²) >= 11 is 0. The number of ketones is 2. The van der Waals surface area contributed by atoms with E-state index in [4.69, 9.17) is 37.9 Å². The average Bonchev–Trinajstić information content (AvgIpc) is 3.41. The molecule has 1 atom stereocenters. The van der Waals surface area contributed by atoms with Gasteiger partial charge in [0.15, 0.2) is 0 Å². The van der Waals surface area contributed by atoms with E-state index in [0.717, 1.165) is 4.90 Å². The van der Waals surface area contributed by atoms with Gasteiger partial charge in [0.1, 0.15) is 11.6 Å². The summed E-state index contributed by atoms with van der Waals surface area (Å²) in [5.74, 6) is -1.04. The van der Waals surface area contributed by atoms with Gasteiger partial charge in [-0.05, 0) is 26.2 Å². The molecule has 0 aromatic rings. The number of nitrogens with zero attached hydrogens (tertiary/aromatic N) is 1. The van der Waals surface area contributed by atoms with Crippen molar-refractivity contribution < 1.29 is 61.9 Å². The lowest BCUT2D eigenvalue weighted by atomic mass is 9.89. The molecule has 1 rings (SSSR count). The van der Waals surface area contributed by atoms with Crippen LogP contribution in [0.3, 0.4) is 0 Å². The molecule has 0 aliphatic carbocycles. The largest absolute Gasteiger partial charge is 0.379 e. The van der Waals surface area contributed by atoms with E-state index in [1.165, 1.54) is 12.2 Å². The van der Waals surface area contributed by atoms with Crippen molar-refractivity contribution in [3.05, 3.63) is 12.2 Å². The Balaban J connectivity index is 1.75. The van der Waals surface area contributed by atoms with Gasteiger partial charge in [0, 0.05) is 62.9 Å². The first-order valence-electron chi connectivity index (χ1n) is 18.1. The molecule has 15 heteroatoms. The van der Waals surface area contributed by atoms with Crippen LogP contribution in [-0.2, 0) is 61.9 Å². The van der Waals surface area contributed by atoms with Crippen LogP contribution in [-0.4, -0.2) is 152 Å². The molecule has 0 saturated carbocycles. The Morgan fingerprint density at radius 3 is 1.33 bits per heavy atom. The lowest BCUT2D eigenvalue weighted by Gasteiger charge is -2.21. The van der Waals surface area contributed by atoms with Gasteiger partial charge in [-0.3, -0.25) is 28.9 Å². The Morgan fingerprint density at radius 1 is 0.549 bits per heavy atom. The highest BCUT2D eigenvalue weighted by Crippen LogP contribution is 2.17. The molecule has 0 radical (unpaired) electrons. The van der Waals surface area contributed by atoms with Gasteiger partial charge in [0.2, 0.25) is 5.91 Å². The topological polar surface area (TPSA) is 174 Å². The van der Waals surface area contributed by atoms with Gasteiger partial charge in [0.25, 0.3) is 11.8 Å². The fraction of sp³-hybridized carbons (Fsp3) is 0.806. The van der Waals surface area contributed by atoms with Gasteiger partial charge >= 0.3 is 0 Å². The van der Waals surface area contributed by atoms with Crippen molar-refractivity contribution in [2.75, 3.05) is 112 Å². The number of Topliss-reactive ketones (excluding diaryl/α,β-unsaturated/α-hetero) is 2. The summed E-state index contributed by atoms with van der Waals surface area (Å²) in [6.45, 7) is 14.7. The van der Waals surface area contributed by atoms with Crippen molar-refractivity contribution in [3.63, 3.8) is 0 Å². The van der Waals surface area contributed by atoms with Crippen LogP contribution in [0, 0.1) is 11.8 Å². The van der Waals surface area contributed by atoms with Crippen molar-refractivity contribution in [3.8, 4) is 0 Å². The Bertz CT molecular complexity index is 988. The van der Waals surface area contributed by atoms with Gasteiger partial charge in [0.05, 0.1) is 99.1 Å². The number of imide groups is 1. The molecule has 0 saturated heterocycles. The Labute approximate surface area is 303 Å². The van der Waals surface area contributed by atoms with Gasteiger partial charge < -0.3 is 43.2 Å². The molecule has 51 heavy (non-hydrogen) atoms. The third-order valence-electron chi connectivity index (χ3n) is 7.41. The van der Waals surface area contributed by atoms with E-state index >= 15 is 0 Å². The number of hydrogen-bond donors (Lipinski definition) is 1. The molecule has 0 unspecified atom stereocenters. The Kier molecular flexibility index (Phi) is 28.1. The molecule has 294 valence electrons. The summed E-state index contributed by atoms with van der Waals surface area (Å²) in [7, 11) is 0. The SMILES string of the molecule is CC(C)NC(=O)[C@@H](CC(=O)CCOCCOCCOCCOCCOCCOCCOCCOCCCC(=O)CCN1C(=O)C=CC1=O)C(C)C. The zero-order chi connectivity index (χ0) is 37.5. The van der Waals surface area contributed by atoms with Crippen molar-refractivity contribution >= 4 is 29.3 Å². The standard InChI is InChI=1S/C36H62N2O13/c1-29(2)33(36(43)37-30(3)4)28-32(40)10-13-45-15-17-47-19-21-49-23-25-51-27-26-50-24-22-48-20-18-46-16-14-44-12-5-6-31(39)9-11-38-34(41)7-8-35(38)42/h7-8,29-30,33H,5-6,9-28H2,1-4H3,(H,37,43)/t33-/m0/s1. The van der Waals surface area contributed by atoms with Crippen LogP contribution < -0.4 is 5.32 Å². The molecular weight excluding hydrogens is 668 g/mol. The zero-order valence-corrected chi connectivity index (χ0v) is 31.2. The second kappa shape index (κ2) is 30.9. The highest BCUT2D eigenvalue weighted by molar-refractivity contribution is 6.13. The molecule has 1 heterocycles. The Hall–Kier alpha value is -2.63. The second-order valence-corrected chi connectivity index (χ2v) is 12.5. The van der Waals surface area contributed by atoms with Gasteiger partial charge in [-0.2, -0.15) is 0 Å². The summed E-state index contributed by atoms with van der Waals surface area (Å²) < 4.78 is 43.7. The predicted octanol–water partition coefficient (Wildman–Crippen LogP) is 1.93. The Morgan fingerprint density at radius 2 is 0.941 bits per heavy atom. The van der Waals surface area contributed by atoms with Crippen LogP contribution >= 0.6 is 0 Å². The lowest BCUT2D eigenvalue weighted by molar-refractivity contribution is -0.137. The molecule has 1 aliphatic heterocycles. The second-order valence-electron chi connectivity index (χ2n) is 12.5. The maximum Gasteiger partial charge on any atom is 0.253 e. The minimum absolute atomic E-state index is 0.00873. The fourth-order valence-corrected chi connectivity index (χ4v) is 4.58. The minimum atomic E-state index is -0.374. The zero-order valence-electron chi connectivity index (χ0n) is 31.2. The lowest BCUT2D eigenvalue weighted by Crippen LogP contribution is -2.38. The summed E-state index contributed by atoms with van der Waals surface area (Å²) in [6.07, 6.45) is 4.00. The summed E-state index contributed by atoms with van der Waals surface area (Å²) in [6, 6.07) is 0.0468. The maximum absolute atomic E-state index is 12.3. The number of carbonyl (C=O) groups excluding carboxylic acids is 5. The van der Waals surface area contributed by atoms with Crippen LogP contribution in [0.4, 0.5) is 0 Å². The third kappa shape index (κ3) is 25.9. The molecule has 3 amide bonds. The summed E-state index contributed by atoms with van der Waals surface area (Å²) in [4.78, 5) is 60.5. The van der Waals surface area contributed by atoms with E-state index < -0.39 is 0 Å². The van der Waals surface area contributed by atoms with Crippen molar-refractivity contribution in [1.29, 1.82) is 0 Å². The van der Waals surface area contributed by atoms with Gasteiger partial charge in [-0.15, -0.1) is 0 Å². The van der Waals surface area contributed by atoms with Crippen molar-refractivity contribution in [2.45, 2.75) is 65.8 Å². The first-order valence-corrected chi connectivity index (χ1v) is 18.1. The summed E-state index contributed by atoms with van der Waals surface area (Å²) in [5.41, 5.74) is 0. The molecule has 0 spiro atoms. The van der Waals surface area contributed by atoms with Crippen LogP contribution in [0.1, 0.15) is 59.8 Å². The van der Waals surface area contributed by atoms with E-state index in [9.17, 15) is 24.0 Å². The van der Waals surface area contributed by atoms with Crippen molar-refractivity contribution in [1.82, 2.24) is 10.2 Å². The molecule has 0 fully saturated rings. The first-order chi connectivity index (χ1) is 24.6. The maximum atomic E-state index is 12.3. The van der Waals surface area contributed by atoms with E-state index in [1.807, 2.05) is 27.7 Å². The number of rotatable bonds is 36. The first kappa shape index (κ1) is 46.4. The van der Waals surface area contributed by atoms with Crippen LogP contribution in [0.15, 0.2) is 12.2 Å². The number of nitrogens with one attached hydrogen (secondary N) is 1. The minimum Gasteiger partial charge on any atom is -0.379 e. The number of carbonyl (C=O) groups is 5. The highest BCUT2D eigenvalue weighted by Gasteiger charge is 2.25. The van der Waals surface area contributed by atoms with E-state index in [-0.39, 0.29) is 73.0 Å². The molecule has 0 bridgehead atoms. The number of hydrogen-bond acceptors (Lipinski definition) is 13. The molecule has 0 aromatic carbocycles. The summed E-state index contributed by atoms with van der Waals surface area (Å²) in [5, 5.41) is 2.89. The third-order valence-corrected chi connectivity index (χ3v) is 7.41. The predicted molar refractivity (Wildman–Crippen MR) is 187 cm³/mol. The highest BCUT2D eigenvalue weighted by atomic mass is 16.6. The van der Waals surface area contributed by atoms with Crippen LogP contribution in [0.5, 0.6) is 0 Å². The molecule has 0 aromatic heterocycles. The van der Waals surface area contributed by atoms with Gasteiger partial charge in [-0.25, -0.2) is 0 Å². The monoisotopic (exact) mass is 730 g/mol. The number of ether oxygens (including phenoxy) is 8. The van der Waals surface area contributed by atoms with Crippen molar-refractivity contribution in [2.24, 2.45) is 11.8 Å². The molecule has 1 N–H and O–H groups in total. The van der Waals surface area contributed by atoms with E-state index in [2.05, 4.69) is 5.32 Å². The van der Waals surface area contributed by atoms with E-state index in [1.54, 1.807) is 0 Å². The quantitative estimate of drug-likeness (QED) is 0.0733. The normalized spacial score (nSPS) is 13.6. The molecular formula is C36H62N2O13. The number of amides is 3. The smallest absolute Gasteiger partial charge is 0.253 e. The van der Waals surface area contributed by atoms with Crippen LogP contribution in [0.25, 0.3) is 0 Å². The molecule has 1 aliphatic rings.